The van der Waals surface area contributed by atoms with Gasteiger partial charge in [0.15, 0.2) is 0 Å². The highest BCUT2D eigenvalue weighted by molar-refractivity contribution is 7.99. The smallest absolute Gasteiger partial charge is 0.100 e. The van der Waals surface area contributed by atoms with Crippen molar-refractivity contribution in [1.82, 2.24) is 0 Å². The summed E-state index contributed by atoms with van der Waals surface area (Å²) >= 11 is 7.24. The molecule has 1 aromatic rings. The minimum Gasteiger partial charge on any atom is -0.192 e. The lowest BCUT2D eigenvalue weighted by Crippen LogP contribution is -1.88. The molecule has 0 saturated heterocycles. The molecule has 0 heterocycles. The first-order chi connectivity index (χ1) is 6.29. The van der Waals surface area contributed by atoms with E-state index in [1.807, 2.05) is 25.1 Å². The first-order valence-electron chi connectivity index (χ1n) is 3.98. The number of hydrogen-bond acceptors (Lipinski definition) is 2. The van der Waals surface area contributed by atoms with Gasteiger partial charge in [-0.15, -0.1) is 23.4 Å². The highest BCUT2D eigenvalue weighted by atomic mass is 35.5. The summed E-state index contributed by atoms with van der Waals surface area (Å²) in [5.74, 6) is 1.46. The van der Waals surface area contributed by atoms with Crippen LogP contribution in [0, 0.1) is 18.3 Å². The third kappa shape index (κ3) is 2.65. The van der Waals surface area contributed by atoms with Crippen molar-refractivity contribution < 1.29 is 0 Å². The zero-order valence-electron chi connectivity index (χ0n) is 7.38. The Labute approximate surface area is 87.7 Å². The molecule has 0 atom stereocenters. The second kappa shape index (κ2) is 5.16. The summed E-state index contributed by atoms with van der Waals surface area (Å²) in [5, 5.41) is 8.85. The molecule has 0 spiro atoms. The van der Waals surface area contributed by atoms with Crippen LogP contribution in [0.4, 0.5) is 0 Å². The largest absolute Gasteiger partial charge is 0.192 e. The SMILES string of the molecule is Cc1cccc(C#N)c1SCCCl. The summed E-state index contributed by atoms with van der Waals surface area (Å²) in [6, 6.07) is 7.93. The maximum Gasteiger partial charge on any atom is 0.100 e. The molecule has 0 fully saturated rings. The fraction of sp³-hybridized carbons (Fsp3) is 0.300. The Bertz CT molecular complexity index is 330. The highest BCUT2D eigenvalue weighted by Crippen LogP contribution is 2.25. The molecule has 0 bridgehead atoms. The van der Waals surface area contributed by atoms with E-state index in [2.05, 4.69) is 6.07 Å². The van der Waals surface area contributed by atoms with Gasteiger partial charge in [-0.2, -0.15) is 5.26 Å². The van der Waals surface area contributed by atoms with E-state index in [4.69, 9.17) is 16.9 Å². The minimum atomic E-state index is 0.615. The first kappa shape index (κ1) is 10.4. The van der Waals surface area contributed by atoms with Gasteiger partial charge in [0.25, 0.3) is 0 Å². The molecule has 0 radical (unpaired) electrons. The fourth-order valence-electron chi connectivity index (χ4n) is 1.07. The van der Waals surface area contributed by atoms with Gasteiger partial charge in [-0.05, 0) is 18.6 Å². The Morgan fingerprint density at radius 2 is 2.31 bits per heavy atom. The Kier molecular flexibility index (Phi) is 4.14. The number of benzene rings is 1. The fourth-order valence-corrected chi connectivity index (χ4v) is 2.15. The van der Waals surface area contributed by atoms with Crippen LogP contribution in [0.3, 0.4) is 0 Å². The third-order valence-corrected chi connectivity index (χ3v) is 3.31. The molecule has 13 heavy (non-hydrogen) atoms. The monoisotopic (exact) mass is 211 g/mol. The molecule has 0 amide bonds. The molecule has 0 saturated carbocycles. The quantitative estimate of drug-likeness (QED) is 0.567. The van der Waals surface area contributed by atoms with Gasteiger partial charge in [0.05, 0.1) is 5.56 Å². The predicted octanol–water partition coefficient (Wildman–Crippen LogP) is 3.20. The zero-order chi connectivity index (χ0) is 9.68. The molecule has 1 rings (SSSR count). The number of nitrogens with zero attached hydrogens (tertiary/aromatic N) is 1. The standard InChI is InChI=1S/C10H10ClNS/c1-8-3-2-4-9(7-12)10(8)13-6-5-11/h2-4H,5-6H2,1H3. The summed E-state index contributed by atoms with van der Waals surface area (Å²) in [5.41, 5.74) is 1.89. The van der Waals surface area contributed by atoms with E-state index >= 15 is 0 Å². The van der Waals surface area contributed by atoms with Crippen molar-refractivity contribution in [2.45, 2.75) is 11.8 Å². The van der Waals surface area contributed by atoms with Crippen molar-refractivity contribution in [3.05, 3.63) is 29.3 Å². The van der Waals surface area contributed by atoms with Gasteiger partial charge in [-0.25, -0.2) is 0 Å². The topological polar surface area (TPSA) is 23.8 Å². The maximum atomic E-state index is 8.85. The van der Waals surface area contributed by atoms with Gasteiger partial charge in [-0.1, -0.05) is 12.1 Å². The van der Waals surface area contributed by atoms with E-state index in [1.165, 1.54) is 0 Å². The Morgan fingerprint density at radius 1 is 1.54 bits per heavy atom. The van der Waals surface area contributed by atoms with Gasteiger partial charge in [0.1, 0.15) is 6.07 Å². The van der Waals surface area contributed by atoms with Crippen LogP contribution >= 0.6 is 23.4 Å². The summed E-state index contributed by atoms with van der Waals surface area (Å²) in [4.78, 5) is 1.06. The van der Waals surface area contributed by atoms with Crippen molar-refractivity contribution >= 4 is 23.4 Å². The lowest BCUT2D eigenvalue weighted by Gasteiger charge is -2.05. The molecule has 0 N–H and O–H groups in total. The van der Waals surface area contributed by atoms with Crippen LogP contribution in [0.25, 0.3) is 0 Å². The average Bonchev–Trinajstić information content (AvgIpc) is 2.15. The molecule has 1 aromatic carbocycles. The Hall–Kier alpha value is -0.650. The summed E-state index contributed by atoms with van der Waals surface area (Å²) < 4.78 is 0. The van der Waals surface area contributed by atoms with Gasteiger partial charge in [0.2, 0.25) is 0 Å². The maximum absolute atomic E-state index is 8.85. The van der Waals surface area contributed by atoms with Gasteiger partial charge < -0.3 is 0 Å². The first-order valence-corrected chi connectivity index (χ1v) is 5.50. The number of hydrogen-bond donors (Lipinski definition) is 0. The lowest BCUT2D eigenvalue weighted by molar-refractivity contribution is 1.26. The molecule has 1 nitrogen and oxygen atoms in total. The van der Waals surface area contributed by atoms with Crippen LogP contribution in [-0.4, -0.2) is 11.6 Å². The van der Waals surface area contributed by atoms with Crippen molar-refractivity contribution in [1.29, 1.82) is 5.26 Å². The molecular weight excluding hydrogens is 202 g/mol. The van der Waals surface area contributed by atoms with Gasteiger partial charge in [-0.3, -0.25) is 0 Å². The van der Waals surface area contributed by atoms with Crippen LogP contribution < -0.4 is 0 Å². The van der Waals surface area contributed by atoms with E-state index in [9.17, 15) is 0 Å². The molecule has 0 aromatic heterocycles. The van der Waals surface area contributed by atoms with E-state index in [1.54, 1.807) is 11.8 Å². The highest BCUT2D eigenvalue weighted by Gasteiger charge is 2.04. The predicted molar refractivity (Wildman–Crippen MR) is 57.3 cm³/mol. The molecule has 0 aliphatic rings. The second-order valence-electron chi connectivity index (χ2n) is 2.60. The van der Waals surface area contributed by atoms with Crippen molar-refractivity contribution in [3.63, 3.8) is 0 Å². The van der Waals surface area contributed by atoms with Gasteiger partial charge >= 0.3 is 0 Å². The van der Waals surface area contributed by atoms with Crippen LogP contribution in [0.1, 0.15) is 11.1 Å². The molecule has 0 unspecified atom stereocenters. The molecule has 68 valence electrons. The number of aryl methyl sites for hydroxylation is 1. The molecular formula is C10H10ClNS. The Balaban J connectivity index is 2.95. The number of nitriles is 1. The zero-order valence-corrected chi connectivity index (χ0v) is 8.95. The van der Waals surface area contributed by atoms with Crippen LogP contribution in [0.5, 0.6) is 0 Å². The van der Waals surface area contributed by atoms with Crippen LogP contribution in [0.15, 0.2) is 23.1 Å². The molecule has 3 heteroatoms. The van der Waals surface area contributed by atoms with E-state index in [0.717, 1.165) is 21.8 Å². The number of halogens is 1. The van der Waals surface area contributed by atoms with Crippen LogP contribution in [-0.2, 0) is 0 Å². The van der Waals surface area contributed by atoms with Crippen molar-refractivity contribution in [2.24, 2.45) is 0 Å². The minimum absolute atomic E-state index is 0.615. The Morgan fingerprint density at radius 3 is 2.92 bits per heavy atom. The van der Waals surface area contributed by atoms with Gasteiger partial charge in [0, 0.05) is 16.5 Å². The number of alkyl halides is 1. The summed E-state index contributed by atoms with van der Waals surface area (Å²) in [6.07, 6.45) is 0. The number of rotatable bonds is 3. The lowest BCUT2D eigenvalue weighted by atomic mass is 10.1. The average molecular weight is 212 g/mol. The number of thioether (sulfide) groups is 1. The summed E-state index contributed by atoms with van der Waals surface area (Å²) in [7, 11) is 0. The second-order valence-corrected chi connectivity index (χ2v) is 4.08. The summed E-state index contributed by atoms with van der Waals surface area (Å²) in [6.45, 7) is 2.01. The van der Waals surface area contributed by atoms with Crippen molar-refractivity contribution in [3.8, 4) is 6.07 Å². The molecule has 0 aliphatic heterocycles. The van der Waals surface area contributed by atoms with E-state index in [0.29, 0.717) is 5.88 Å². The van der Waals surface area contributed by atoms with Crippen molar-refractivity contribution in [2.75, 3.05) is 11.6 Å². The normalized spacial score (nSPS) is 9.62. The third-order valence-electron chi connectivity index (χ3n) is 1.66. The van der Waals surface area contributed by atoms with Crippen LogP contribution in [0.2, 0.25) is 0 Å². The van der Waals surface area contributed by atoms with E-state index in [-0.39, 0.29) is 0 Å². The molecule has 0 aliphatic carbocycles. The van der Waals surface area contributed by atoms with E-state index < -0.39 is 0 Å².